The van der Waals surface area contributed by atoms with Gasteiger partial charge in [-0.15, -0.1) is 0 Å². The predicted octanol–water partition coefficient (Wildman–Crippen LogP) is 3.38. The highest BCUT2D eigenvalue weighted by Gasteiger charge is 2.23. The summed E-state index contributed by atoms with van der Waals surface area (Å²) in [7, 11) is 0. The van der Waals surface area contributed by atoms with Gasteiger partial charge in [0.2, 0.25) is 5.56 Å². The first-order valence-electron chi connectivity index (χ1n) is 11.3. The predicted molar refractivity (Wildman–Crippen MR) is 132 cm³/mol. The molecule has 0 bridgehead atoms. The van der Waals surface area contributed by atoms with Crippen LogP contribution in [0.15, 0.2) is 52.3 Å². The summed E-state index contributed by atoms with van der Waals surface area (Å²) >= 11 is 0. The van der Waals surface area contributed by atoms with Crippen LogP contribution < -0.4 is 16.6 Å². The molecule has 1 atom stereocenters. The Labute approximate surface area is 192 Å². The van der Waals surface area contributed by atoms with Gasteiger partial charge in [0.15, 0.2) is 0 Å². The number of aromatic amines is 1. The third-order valence-electron chi connectivity index (χ3n) is 5.99. The molecule has 0 saturated carbocycles. The number of aliphatic imine (C=N–C) groups is 1. The van der Waals surface area contributed by atoms with Crippen LogP contribution in [-0.2, 0) is 6.42 Å². The lowest BCUT2D eigenvalue weighted by atomic mass is 9.96. The summed E-state index contributed by atoms with van der Waals surface area (Å²) in [6, 6.07) is 12.2. The van der Waals surface area contributed by atoms with Crippen LogP contribution in [0.1, 0.15) is 29.8 Å². The van der Waals surface area contributed by atoms with E-state index in [-0.39, 0.29) is 11.5 Å². The standard InChI is InChI=1S/C25H30N6O2/c1-16-13-17(2)27-20(14-16)10-12-31-11-4-6-19(15-31)24(26)30-25(33)28-21-7-3-5-18-8-9-22(32)29-23(18)21/h3,5,7-9,13-14,19H,4,6,10-12,15H2,1-2H3,(H,29,32)(H3,26,28,30,33)/t19-/m0/s1. The van der Waals surface area contributed by atoms with Crippen molar-refractivity contribution in [1.82, 2.24) is 14.9 Å². The van der Waals surface area contributed by atoms with Gasteiger partial charge in [0, 0.05) is 48.3 Å². The Morgan fingerprint density at radius 3 is 2.94 bits per heavy atom. The second-order valence-corrected chi connectivity index (χ2v) is 8.73. The van der Waals surface area contributed by atoms with E-state index in [9.17, 15) is 9.59 Å². The topological polar surface area (TPSA) is 116 Å². The van der Waals surface area contributed by atoms with Crippen LogP contribution in [0, 0.1) is 19.8 Å². The quantitative estimate of drug-likeness (QED) is 0.410. The van der Waals surface area contributed by atoms with Crippen molar-refractivity contribution in [1.29, 1.82) is 0 Å². The average Bonchev–Trinajstić information content (AvgIpc) is 2.77. The fraction of sp³-hybridized carbons (Fsp3) is 0.360. The third-order valence-corrected chi connectivity index (χ3v) is 5.99. The number of benzene rings is 1. The molecule has 1 saturated heterocycles. The first-order valence-corrected chi connectivity index (χ1v) is 11.3. The van der Waals surface area contributed by atoms with E-state index < -0.39 is 6.03 Å². The number of pyridine rings is 2. The summed E-state index contributed by atoms with van der Waals surface area (Å²) in [5, 5.41) is 3.58. The van der Waals surface area contributed by atoms with Gasteiger partial charge in [-0.25, -0.2) is 4.79 Å². The fourth-order valence-electron chi connectivity index (χ4n) is 4.46. The molecule has 33 heavy (non-hydrogen) atoms. The van der Waals surface area contributed by atoms with E-state index in [1.807, 2.05) is 19.1 Å². The maximum Gasteiger partial charge on any atom is 0.347 e. The normalized spacial score (nSPS) is 17.3. The number of nitrogens with one attached hydrogen (secondary N) is 2. The molecular weight excluding hydrogens is 416 g/mol. The fourth-order valence-corrected chi connectivity index (χ4v) is 4.46. The number of nitrogens with two attached hydrogens (primary N) is 1. The largest absolute Gasteiger partial charge is 0.387 e. The Kier molecular flexibility index (Phi) is 6.84. The number of para-hydroxylation sites is 1. The number of hydrogen-bond acceptors (Lipinski definition) is 4. The molecule has 0 spiro atoms. The summed E-state index contributed by atoms with van der Waals surface area (Å²) in [6.07, 6.45) is 2.79. The minimum Gasteiger partial charge on any atom is -0.387 e. The number of amidine groups is 1. The van der Waals surface area contributed by atoms with Gasteiger partial charge in [-0.2, -0.15) is 4.99 Å². The number of nitrogens with zero attached hydrogens (tertiary/aromatic N) is 3. The number of fused-ring (bicyclic) bond motifs is 1. The summed E-state index contributed by atoms with van der Waals surface area (Å²) in [5.74, 6) is 0.375. The van der Waals surface area contributed by atoms with E-state index in [2.05, 4.69) is 44.2 Å². The van der Waals surface area contributed by atoms with Crippen LogP contribution in [0.25, 0.3) is 10.9 Å². The van der Waals surface area contributed by atoms with Gasteiger partial charge in [-0.05, 0) is 63.1 Å². The van der Waals surface area contributed by atoms with Crippen molar-refractivity contribution in [3.63, 3.8) is 0 Å². The SMILES string of the molecule is Cc1cc(C)nc(CCN2CCC[C@H](/C(N)=N/C(=O)Nc3cccc4ccc(=O)[nH]c34)C2)c1. The molecule has 3 heterocycles. The Balaban J connectivity index is 1.38. The maximum atomic E-state index is 12.6. The van der Waals surface area contributed by atoms with Crippen LogP contribution in [0.5, 0.6) is 0 Å². The van der Waals surface area contributed by atoms with Crippen molar-refractivity contribution in [2.75, 3.05) is 25.0 Å². The van der Waals surface area contributed by atoms with Crippen molar-refractivity contribution in [3.8, 4) is 0 Å². The van der Waals surface area contributed by atoms with Gasteiger partial charge in [0.1, 0.15) is 5.84 Å². The number of H-pyrrole nitrogens is 1. The number of amides is 2. The van der Waals surface area contributed by atoms with Crippen LogP contribution in [0.2, 0.25) is 0 Å². The zero-order valence-electron chi connectivity index (χ0n) is 19.1. The summed E-state index contributed by atoms with van der Waals surface area (Å²) in [5.41, 5.74) is 10.4. The first-order chi connectivity index (χ1) is 15.9. The van der Waals surface area contributed by atoms with Crippen molar-refractivity contribution >= 4 is 28.5 Å². The minimum atomic E-state index is -0.540. The summed E-state index contributed by atoms with van der Waals surface area (Å²) < 4.78 is 0. The lowest BCUT2D eigenvalue weighted by Crippen LogP contribution is -2.42. The van der Waals surface area contributed by atoms with Crippen molar-refractivity contribution in [2.45, 2.75) is 33.1 Å². The molecule has 3 aromatic rings. The molecule has 172 valence electrons. The number of aryl methyl sites for hydroxylation is 2. The third kappa shape index (κ3) is 5.84. The van der Waals surface area contributed by atoms with Crippen LogP contribution in [0.3, 0.4) is 0 Å². The van der Waals surface area contributed by atoms with Crippen LogP contribution in [-0.4, -0.2) is 46.4 Å². The number of urea groups is 1. The lowest BCUT2D eigenvalue weighted by molar-refractivity contribution is 0.205. The zero-order valence-corrected chi connectivity index (χ0v) is 19.1. The number of carbonyl (C=O) groups is 1. The second-order valence-electron chi connectivity index (χ2n) is 8.73. The maximum absolute atomic E-state index is 12.6. The van der Waals surface area contributed by atoms with Gasteiger partial charge in [-0.3, -0.25) is 9.78 Å². The van der Waals surface area contributed by atoms with Crippen molar-refractivity contribution < 1.29 is 4.79 Å². The smallest absolute Gasteiger partial charge is 0.347 e. The number of piperidine rings is 1. The molecule has 4 N–H and O–H groups in total. The Hall–Kier alpha value is -3.52. The van der Waals surface area contributed by atoms with E-state index >= 15 is 0 Å². The van der Waals surface area contributed by atoms with E-state index in [1.165, 1.54) is 11.6 Å². The lowest BCUT2D eigenvalue weighted by Gasteiger charge is -2.32. The highest BCUT2D eigenvalue weighted by Crippen LogP contribution is 2.21. The van der Waals surface area contributed by atoms with E-state index in [0.29, 0.717) is 17.0 Å². The minimum absolute atomic E-state index is 0.0315. The summed E-state index contributed by atoms with van der Waals surface area (Å²) in [6.45, 7) is 6.78. The molecule has 1 fully saturated rings. The number of rotatable bonds is 5. The van der Waals surface area contributed by atoms with Gasteiger partial charge in [-0.1, -0.05) is 12.1 Å². The van der Waals surface area contributed by atoms with E-state index in [0.717, 1.165) is 55.7 Å². The number of carbonyl (C=O) groups excluding carboxylic acids is 1. The molecule has 1 aromatic carbocycles. The van der Waals surface area contributed by atoms with Crippen LogP contribution in [0.4, 0.5) is 10.5 Å². The molecule has 0 radical (unpaired) electrons. The Bertz CT molecular complexity index is 1230. The highest BCUT2D eigenvalue weighted by molar-refractivity contribution is 6.04. The number of anilines is 1. The molecule has 4 rings (SSSR count). The molecule has 1 aliphatic rings. The Morgan fingerprint density at radius 1 is 1.27 bits per heavy atom. The zero-order chi connectivity index (χ0) is 23.4. The van der Waals surface area contributed by atoms with E-state index in [4.69, 9.17) is 5.73 Å². The monoisotopic (exact) mass is 446 g/mol. The Morgan fingerprint density at radius 2 is 2.12 bits per heavy atom. The molecule has 8 nitrogen and oxygen atoms in total. The molecular formula is C25H30N6O2. The van der Waals surface area contributed by atoms with Gasteiger partial charge < -0.3 is 20.9 Å². The van der Waals surface area contributed by atoms with Gasteiger partial charge >= 0.3 is 6.03 Å². The van der Waals surface area contributed by atoms with Crippen molar-refractivity contribution in [3.05, 3.63) is 69.8 Å². The molecule has 8 heteroatoms. The number of aromatic nitrogens is 2. The van der Waals surface area contributed by atoms with Crippen molar-refractivity contribution in [2.24, 2.45) is 16.6 Å². The molecule has 2 amide bonds. The number of hydrogen-bond donors (Lipinski definition) is 3. The van der Waals surface area contributed by atoms with Crippen LogP contribution >= 0.6 is 0 Å². The highest BCUT2D eigenvalue weighted by atomic mass is 16.2. The average molecular weight is 447 g/mol. The van der Waals surface area contributed by atoms with Gasteiger partial charge in [0.25, 0.3) is 0 Å². The summed E-state index contributed by atoms with van der Waals surface area (Å²) in [4.78, 5) is 38.1. The molecule has 2 aromatic heterocycles. The van der Waals surface area contributed by atoms with Gasteiger partial charge in [0.05, 0.1) is 11.2 Å². The number of likely N-dealkylation sites (tertiary alicyclic amines) is 1. The molecule has 0 aliphatic carbocycles. The first kappa shape index (κ1) is 22.7. The molecule has 1 aliphatic heterocycles. The van der Waals surface area contributed by atoms with E-state index in [1.54, 1.807) is 12.1 Å². The molecule has 0 unspecified atom stereocenters. The second kappa shape index (κ2) is 9.95.